The van der Waals surface area contributed by atoms with Crippen molar-refractivity contribution in [3.8, 4) is 17.0 Å². The van der Waals surface area contributed by atoms with Crippen LogP contribution in [0.1, 0.15) is 11.1 Å². The lowest BCUT2D eigenvalue weighted by atomic mass is 10.1. The van der Waals surface area contributed by atoms with E-state index in [9.17, 15) is 9.90 Å². The molecule has 0 bridgehead atoms. The average molecular weight is 433 g/mol. The fraction of sp³-hybridized carbons (Fsp3) is 0.292. The second-order valence-electron chi connectivity index (χ2n) is 7.74. The number of nitrogens with one attached hydrogen (secondary N) is 4. The van der Waals surface area contributed by atoms with E-state index in [0.29, 0.717) is 25.6 Å². The first-order valence-electron chi connectivity index (χ1n) is 10.8. The van der Waals surface area contributed by atoms with Crippen LogP contribution in [0, 0.1) is 0 Å². The Labute approximate surface area is 187 Å². The fourth-order valence-corrected chi connectivity index (χ4v) is 3.58. The largest absolute Gasteiger partial charge is 0.508 e. The average Bonchev–Trinajstić information content (AvgIpc) is 2.85. The molecule has 1 aliphatic heterocycles. The van der Waals surface area contributed by atoms with Gasteiger partial charge in [-0.25, -0.2) is 9.97 Å². The van der Waals surface area contributed by atoms with Crippen LogP contribution in [0.4, 0.5) is 5.95 Å². The van der Waals surface area contributed by atoms with E-state index in [1.54, 1.807) is 18.3 Å². The Hall–Kier alpha value is -3.49. The van der Waals surface area contributed by atoms with E-state index in [0.717, 1.165) is 41.9 Å². The second kappa shape index (κ2) is 10.7. The molecule has 32 heavy (non-hydrogen) atoms. The van der Waals surface area contributed by atoms with Crippen LogP contribution in [-0.4, -0.2) is 53.2 Å². The summed E-state index contributed by atoms with van der Waals surface area (Å²) in [6.07, 6.45) is 2.54. The van der Waals surface area contributed by atoms with Crippen molar-refractivity contribution in [2.45, 2.75) is 19.0 Å². The van der Waals surface area contributed by atoms with Gasteiger partial charge in [-0.15, -0.1) is 0 Å². The summed E-state index contributed by atoms with van der Waals surface area (Å²) in [5, 5.41) is 22.1. The number of carbonyl (C=O) groups excluding carboxylic acids is 1. The molecule has 1 atom stereocenters. The van der Waals surface area contributed by atoms with E-state index in [1.165, 1.54) is 0 Å². The molecule has 0 radical (unpaired) electrons. The van der Waals surface area contributed by atoms with Crippen LogP contribution in [0.3, 0.4) is 0 Å². The lowest BCUT2D eigenvalue weighted by molar-refractivity contribution is -0.123. The van der Waals surface area contributed by atoms with Crippen LogP contribution in [0.2, 0.25) is 0 Å². The molecule has 0 spiro atoms. The van der Waals surface area contributed by atoms with Gasteiger partial charge in [-0.3, -0.25) is 4.79 Å². The Bertz CT molecular complexity index is 1030. The van der Waals surface area contributed by atoms with Crippen molar-refractivity contribution in [3.63, 3.8) is 0 Å². The third-order valence-corrected chi connectivity index (χ3v) is 5.34. The molecule has 1 saturated heterocycles. The second-order valence-corrected chi connectivity index (χ2v) is 7.74. The number of hydrogen-bond donors (Lipinski definition) is 5. The Balaban J connectivity index is 1.34. The molecular weight excluding hydrogens is 404 g/mol. The number of amides is 1. The number of benzene rings is 2. The Morgan fingerprint density at radius 1 is 1.09 bits per heavy atom. The van der Waals surface area contributed by atoms with E-state index >= 15 is 0 Å². The molecule has 0 aliphatic carbocycles. The van der Waals surface area contributed by atoms with Crippen molar-refractivity contribution in [3.05, 3.63) is 71.9 Å². The topological polar surface area (TPSA) is 111 Å². The molecule has 3 aromatic rings. The number of rotatable bonds is 8. The number of aromatic hydroxyl groups is 1. The third kappa shape index (κ3) is 6.03. The van der Waals surface area contributed by atoms with Gasteiger partial charge in [-0.2, -0.15) is 0 Å². The van der Waals surface area contributed by atoms with Gasteiger partial charge in [-0.05, 0) is 41.8 Å². The van der Waals surface area contributed by atoms with Crippen molar-refractivity contribution < 1.29 is 9.90 Å². The quantitative estimate of drug-likeness (QED) is 0.368. The van der Waals surface area contributed by atoms with Gasteiger partial charge in [0.1, 0.15) is 5.75 Å². The van der Waals surface area contributed by atoms with Crippen LogP contribution in [0.15, 0.2) is 60.8 Å². The van der Waals surface area contributed by atoms with Gasteiger partial charge in [0, 0.05) is 44.5 Å². The molecule has 4 rings (SSSR count). The van der Waals surface area contributed by atoms with Crippen molar-refractivity contribution in [1.29, 1.82) is 0 Å². The molecule has 0 saturated carbocycles. The fourth-order valence-electron chi connectivity index (χ4n) is 3.58. The van der Waals surface area contributed by atoms with Crippen molar-refractivity contribution in [2.24, 2.45) is 0 Å². The smallest absolute Gasteiger partial charge is 0.238 e. The molecule has 1 aromatic heterocycles. The number of anilines is 1. The number of aromatic nitrogens is 2. The predicted octanol–water partition coefficient (Wildman–Crippen LogP) is 1.68. The number of piperazine rings is 1. The molecule has 1 aliphatic rings. The zero-order valence-corrected chi connectivity index (χ0v) is 17.8. The molecule has 1 amide bonds. The van der Waals surface area contributed by atoms with Crippen LogP contribution in [-0.2, 0) is 17.8 Å². The first-order valence-corrected chi connectivity index (χ1v) is 10.8. The highest BCUT2D eigenvalue weighted by Crippen LogP contribution is 2.19. The van der Waals surface area contributed by atoms with Crippen LogP contribution in [0.25, 0.3) is 11.3 Å². The summed E-state index contributed by atoms with van der Waals surface area (Å²) >= 11 is 0. The zero-order chi connectivity index (χ0) is 22.2. The maximum atomic E-state index is 12.3. The van der Waals surface area contributed by atoms with E-state index < -0.39 is 0 Å². The van der Waals surface area contributed by atoms with E-state index in [1.807, 2.05) is 42.5 Å². The summed E-state index contributed by atoms with van der Waals surface area (Å²) in [6.45, 7) is 3.48. The first-order chi connectivity index (χ1) is 15.7. The Morgan fingerprint density at radius 2 is 1.97 bits per heavy atom. The zero-order valence-electron chi connectivity index (χ0n) is 17.8. The normalized spacial score (nSPS) is 15.8. The van der Waals surface area contributed by atoms with Gasteiger partial charge >= 0.3 is 0 Å². The summed E-state index contributed by atoms with van der Waals surface area (Å²) in [4.78, 5) is 21.3. The van der Waals surface area contributed by atoms with Crippen molar-refractivity contribution in [2.75, 3.05) is 31.5 Å². The van der Waals surface area contributed by atoms with Gasteiger partial charge in [0.05, 0.1) is 11.7 Å². The minimum Gasteiger partial charge on any atom is -0.508 e. The molecule has 5 N–H and O–H groups in total. The summed E-state index contributed by atoms with van der Waals surface area (Å²) in [5.74, 6) is 0.836. The number of hydrogen-bond acceptors (Lipinski definition) is 7. The van der Waals surface area contributed by atoms with Crippen LogP contribution < -0.4 is 21.3 Å². The standard InChI is InChI=1S/C24H28N6O2/c31-20-6-4-17(5-7-20)8-10-27-24-28-11-9-21(30-24)19-3-1-2-18(14-19)15-29-23(32)22-16-25-12-13-26-22/h1-7,9,11,14,22,25-26,31H,8,10,12-13,15-16H2,(H,29,32)(H,27,28,30). The van der Waals surface area contributed by atoms with Crippen molar-refractivity contribution in [1.82, 2.24) is 25.9 Å². The SMILES string of the molecule is O=C(NCc1cccc(-c2ccnc(NCCc3ccc(O)cc3)n2)c1)C1CNCCN1. The van der Waals surface area contributed by atoms with Crippen molar-refractivity contribution >= 4 is 11.9 Å². The predicted molar refractivity (Wildman–Crippen MR) is 124 cm³/mol. The molecule has 1 fully saturated rings. The lowest BCUT2D eigenvalue weighted by Crippen LogP contribution is -2.55. The molecular formula is C24H28N6O2. The summed E-state index contributed by atoms with van der Waals surface area (Å²) < 4.78 is 0. The lowest BCUT2D eigenvalue weighted by Gasteiger charge is -2.23. The highest BCUT2D eigenvalue weighted by Gasteiger charge is 2.19. The maximum absolute atomic E-state index is 12.3. The van der Waals surface area contributed by atoms with Gasteiger partial charge in [0.15, 0.2) is 0 Å². The highest BCUT2D eigenvalue weighted by atomic mass is 16.3. The molecule has 2 aromatic carbocycles. The summed E-state index contributed by atoms with van der Waals surface area (Å²) in [5.41, 5.74) is 3.93. The maximum Gasteiger partial charge on any atom is 0.238 e. The minimum absolute atomic E-state index is 0.00440. The number of nitrogens with zero attached hydrogens (tertiary/aromatic N) is 2. The highest BCUT2D eigenvalue weighted by molar-refractivity contribution is 5.82. The molecule has 166 valence electrons. The minimum atomic E-state index is -0.191. The number of phenols is 1. The number of phenolic OH excluding ortho intramolecular Hbond substituents is 1. The van der Waals surface area contributed by atoms with Crippen LogP contribution in [0.5, 0.6) is 5.75 Å². The van der Waals surface area contributed by atoms with E-state index in [4.69, 9.17) is 0 Å². The molecule has 2 heterocycles. The monoisotopic (exact) mass is 432 g/mol. The third-order valence-electron chi connectivity index (χ3n) is 5.34. The molecule has 8 nitrogen and oxygen atoms in total. The van der Waals surface area contributed by atoms with E-state index in [-0.39, 0.29) is 17.7 Å². The van der Waals surface area contributed by atoms with Gasteiger partial charge in [0.25, 0.3) is 0 Å². The molecule has 8 heteroatoms. The summed E-state index contributed by atoms with van der Waals surface area (Å²) in [6, 6.07) is 16.9. The Morgan fingerprint density at radius 3 is 2.78 bits per heavy atom. The summed E-state index contributed by atoms with van der Waals surface area (Å²) in [7, 11) is 0. The number of carbonyl (C=O) groups is 1. The van der Waals surface area contributed by atoms with E-state index in [2.05, 4.69) is 31.2 Å². The van der Waals surface area contributed by atoms with Gasteiger partial charge in [0.2, 0.25) is 11.9 Å². The Kier molecular flexibility index (Phi) is 7.27. The van der Waals surface area contributed by atoms with Gasteiger partial charge in [-0.1, -0.05) is 30.3 Å². The van der Waals surface area contributed by atoms with Crippen LogP contribution >= 0.6 is 0 Å². The molecule has 1 unspecified atom stereocenters. The van der Waals surface area contributed by atoms with Gasteiger partial charge < -0.3 is 26.4 Å². The first kappa shape index (κ1) is 21.7.